The summed E-state index contributed by atoms with van der Waals surface area (Å²) < 4.78 is 12.6. The first-order valence-electron chi connectivity index (χ1n) is 6.29. The molecule has 0 saturated heterocycles. The minimum absolute atomic E-state index is 0.116. The van der Waals surface area contributed by atoms with Gasteiger partial charge in [0.25, 0.3) is 0 Å². The zero-order valence-electron chi connectivity index (χ0n) is 10.8. The zero-order chi connectivity index (χ0) is 14.3. The molecule has 0 amide bonds. The molecule has 1 aliphatic heterocycles. The summed E-state index contributed by atoms with van der Waals surface area (Å²) in [5.41, 5.74) is 2.41. The molecular weight excluding hydrogens is 270 g/mol. The quantitative estimate of drug-likeness (QED) is 0.689. The Labute approximate surface area is 119 Å². The molecule has 98 valence electrons. The number of nitrogens with zero attached hydrogens (tertiary/aromatic N) is 1. The molecule has 0 N–H and O–H groups in total. The van der Waals surface area contributed by atoms with Crippen molar-refractivity contribution in [3.63, 3.8) is 0 Å². The normalized spacial score (nSPS) is 16.2. The highest BCUT2D eigenvalue weighted by Crippen LogP contribution is 2.32. The van der Waals surface area contributed by atoms with Crippen LogP contribution in [0.15, 0.2) is 46.2 Å². The Kier molecular flexibility index (Phi) is 3.00. The zero-order valence-corrected chi connectivity index (χ0v) is 11.7. The summed E-state index contributed by atoms with van der Waals surface area (Å²) in [5, 5.41) is 8.92. The maximum atomic E-state index is 12.6. The van der Waals surface area contributed by atoms with Crippen molar-refractivity contribution in [1.29, 1.82) is 5.26 Å². The van der Waals surface area contributed by atoms with Gasteiger partial charge in [0.1, 0.15) is 0 Å². The molecule has 0 spiro atoms. The Balaban J connectivity index is 2.25. The van der Waals surface area contributed by atoms with Gasteiger partial charge < -0.3 is 0 Å². The Morgan fingerprint density at radius 2 is 1.90 bits per heavy atom. The van der Waals surface area contributed by atoms with Gasteiger partial charge >= 0.3 is 0 Å². The molecule has 0 bridgehead atoms. The van der Waals surface area contributed by atoms with Crippen molar-refractivity contribution in [2.75, 3.05) is 0 Å². The van der Waals surface area contributed by atoms with E-state index in [0.717, 1.165) is 12.0 Å². The van der Waals surface area contributed by atoms with Crippen LogP contribution in [-0.2, 0) is 17.2 Å². The molecule has 1 unspecified atom stereocenters. The number of carbonyl (C=O) groups excluding carboxylic acids is 1. The van der Waals surface area contributed by atoms with Crippen LogP contribution in [0, 0.1) is 11.3 Å². The molecule has 0 aromatic heterocycles. The van der Waals surface area contributed by atoms with Crippen molar-refractivity contribution in [1.82, 2.24) is 0 Å². The lowest BCUT2D eigenvalue weighted by atomic mass is 9.99. The second kappa shape index (κ2) is 4.69. The van der Waals surface area contributed by atoms with Gasteiger partial charge in [-0.15, -0.1) is 0 Å². The summed E-state index contributed by atoms with van der Waals surface area (Å²) in [5.74, 6) is -0.116. The van der Waals surface area contributed by atoms with Crippen LogP contribution in [0.2, 0.25) is 0 Å². The van der Waals surface area contributed by atoms with E-state index in [9.17, 15) is 9.00 Å². The SMILES string of the molecule is CCc1ccc2c(c1)C(=O)c1ccc(C#N)cc1S2=O. The summed E-state index contributed by atoms with van der Waals surface area (Å²) in [6.07, 6.45) is 0.827. The first kappa shape index (κ1) is 12.8. The lowest BCUT2D eigenvalue weighted by Gasteiger charge is -2.18. The minimum atomic E-state index is -1.40. The number of aryl methyl sites for hydroxylation is 1. The predicted octanol–water partition coefficient (Wildman–Crippen LogP) is 2.83. The van der Waals surface area contributed by atoms with Crippen LogP contribution in [0.1, 0.15) is 34.0 Å². The number of nitriles is 1. The smallest absolute Gasteiger partial charge is 0.195 e. The van der Waals surface area contributed by atoms with E-state index in [1.807, 2.05) is 25.1 Å². The second-order valence-electron chi connectivity index (χ2n) is 4.60. The molecule has 0 saturated carbocycles. The Bertz CT molecular complexity index is 803. The molecule has 1 aliphatic rings. The molecule has 3 nitrogen and oxygen atoms in total. The fourth-order valence-electron chi connectivity index (χ4n) is 2.33. The van der Waals surface area contributed by atoms with Crippen LogP contribution < -0.4 is 0 Å². The van der Waals surface area contributed by atoms with E-state index in [0.29, 0.717) is 26.5 Å². The van der Waals surface area contributed by atoms with Gasteiger partial charge in [-0.3, -0.25) is 4.79 Å². The van der Waals surface area contributed by atoms with Gasteiger partial charge in [0, 0.05) is 11.1 Å². The molecule has 20 heavy (non-hydrogen) atoms. The van der Waals surface area contributed by atoms with Crippen LogP contribution in [0.25, 0.3) is 0 Å². The highest BCUT2D eigenvalue weighted by atomic mass is 32.2. The van der Waals surface area contributed by atoms with Gasteiger partial charge in [0.2, 0.25) is 0 Å². The van der Waals surface area contributed by atoms with E-state index in [-0.39, 0.29) is 5.78 Å². The summed E-state index contributed by atoms with van der Waals surface area (Å²) in [6.45, 7) is 2.01. The van der Waals surface area contributed by atoms with Crippen molar-refractivity contribution in [3.05, 3.63) is 58.7 Å². The third kappa shape index (κ3) is 1.79. The lowest BCUT2D eigenvalue weighted by Crippen LogP contribution is -2.16. The standard InChI is InChI=1S/C16H11NO2S/c1-2-10-4-6-14-13(7-10)16(18)12-5-3-11(9-17)8-15(12)20(14)19/h3-8H,2H2,1H3. The predicted molar refractivity (Wildman–Crippen MR) is 75.1 cm³/mol. The largest absolute Gasteiger partial charge is 0.289 e. The van der Waals surface area contributed by atoms with Crippen LogP contribution in [0.5, 0.6) is 0 Å². The molecule has 4 heteroatoms. The number of carbonyl (C=O) groups is 1. The Morgan fingerprint density at radius 1 is 1.10 bits per heavy atom. The van der Waals surface area contributed by atoms with Crippen LogP contribution in [-0.4, -0.2) is 9.99 Å². The number of rotatable bonds is 1. The van der Waals surface area contributed by atoms with Crippen molar-refractivity contribution >= 4 is 16.6 Å². The first-order chi connectivity index (χ1) is 9.65. The van der Waals surface area contributed by atoms with Crippen molar-refractivity contribution in [2.24, 2.45) is 0 Å². The van der Waals surface area contributed by atoms with E-state index in [4.69, 9.17) is 5.26 Å². The third-order valence-electron chi connectivity index (χ3n) is 3.45. The number of benzene rings is 2. The van der Waals surface area contributed by atoms with Crippen LogP contribution in [0.4, 0.5) is 0 Å². The first-order valence-corrected chi connectivity index (χ1v) is 7.44. The van der Waals surface area contributed by atoms with Gasteiger partial charge in [-0.25, -0.2) is 4.21 Å². The molecular formula is C16H11NO2S. The highest BCUT2D eigenvalue weighted by Gasteiger charge is 2.29. The molecule has 1 heterocycles. The molecule has 2 aromatic carbocycles. The Morgan fingerprint density at radius 3 is 2.60 bits per heavy atom. The monoisotopic (exact) mass is 281 g/mol. The van der Waals surface area contributed by atoms with Crippen molar-refractivity contribution < 1.29 is 9.00 Å². The third-order valence-corrected chi connectivity index (χ3v) is 4.94. The van der Waals surface area contributed by atoms with Gasteiger partial charge in [-0.1, -0.05) is 13.0 Å². The molecule has 0 aliphatic carbocycles. The van der Waals surface area contributed by atoms with Gasteiger partial charge in [0.15, 0.2) is 5.78 Å². The van der Waals surface area contributed by atoms with E-state index in [1.165, 1.54) is 0 Å². The van der Waals surface area contributed by atoms with Crippen LogP contribution >= 0.6 is 0 Å². The lowest BCUT2D eigenvalue weighted by molar-refractivity contribution is 0.103. The molecule has 3 rings (SSSR count). The number of fused-ring (bicyclic) bond motifs is 2. The topological polar surface area (TPSA) is 57.9 Å². The fourth-order valence-corrected chi connectivity index (χ4v) is 3.71. The maximum absolute atomic E-state index is 12.6. The van der Waals surface area contributed by atoms with Gasteiger partial charge in [-0.05, 0) is 42.3 Å². The van der Waals surface area contributed by atoms with Crippen molar-refractivity contribution in [3.8, 4) is 6.07 Å². The summed E-state index contributed by atoms with van der Waals surface area (Å²) in [4.78, 5) is 13.5. The van der Waals surface area contributed by atoms with Crippen LogP contribution in [0.3, 0.4) is 0 Å². The Hall–Kier alpha value is -2.25. The highest BCUT2D eigenvalue weighted by molar-refractivity contribution is 7.85. The molecule has 2 aromatic rings. The van der Waals surface area contributed by atoms with Gasteiger partial charge in [-0.2, -0.15) is 5.26 Å². The average Bonchev–Trinajstić information content (AvgIpc) is 2.51. The minimum Gasteiger partial charge on any atom is -0.289 e. The summed E-state index contributed by atoms with van der Waals surface area (Å²) in [7, 11) is -1.40. The second-order valence-corrected chi connectivity index (χ2v) is 6.02. The summed E-state index contributed by atoms with van der Waals surface area (Å²) >= 11 is 0. The van der Waals surface area contributed by atoms with E-state index >= 15 is 0 Å². The molecule has 0 radical (unpaired) electrons. The van der Waals surface area contributed by atoms with Gasteiger partial charge in [0.05, 0.1) is 32.2 Å². The number of hydrogen-bond donors (Lipinski definition) is 0. The van der Waals surface area contributed by atoms with Crippen molar-refractivity contribution in [2.45, 2.75) is 23.1 Å². The van der Waals surface area contributed by atoms with E-state index in [1.54, 1.807) is 24.3 Å². The molecule has 1 atom stereocenters. The van der Waals surface area contributed by atoms with E-state index in [2.05, 4.69) is 0 Å². The molecule has 0 fully saturated rings. The van der Waals surface area contributed by atoms with E-state index < -0.39 is 10.8 Å². The maximum Gasteiger partial charge on any atom is 0.195 e. The fraction of sp³-hybridized carbons (Fsp3) is 0.125. The summed E-state index contributed by atoms with van der Waals surface area (Å²) in [6, 6.07) is 12.2. The number of hydrogen-bond acceptors (Lipinski definition) is 3. The number of ketones is 1. The average molecular weight is 281 g/mol.